The molecule has 3 atom stereocenters. The van der Waals surface area contributed by atoms with Crippen molar-refractivity contribution in [3.05, 3.63) is 72.9 Å². The van der Waals surface area contributed by atoms with Crippen LogP contribution in [-0.4, -0.2) is 60.5 Å². The molecule has 0 saturated carbocycles. The number of phosphoric acid groups is 1. The lowest BCUT2D eigenvalue weighted by Gasteiger charge is -2.20. The fourth-order valence-electron chi connectivity index (χ4n) is 4.41. The van der Waals surface area contributed by atoms with Crippen molar-refractivity contribution in [2.75, 3.05) is 26.4 Å². The van der Waals surface area contributed by atoms with E-state index in [1.807, 2.05) is 12.2 Å². The minimum atomic E-state index is -4.43. The molecule has 0 radical (unpaired) electrons. The molecule has 50 heavy (non-hydrogen) atoms. The zero-order valence-corrected chi connectivity index (χ0v) is 31.6. The molecule has 0 heterocycles. The van der Waals surface area contributed by atoms with Crippen molar-refractivity contribution in [3.63, 3.8) is 0 Å². The van der Waals surface area contributed by atoms with Crippen molar-refractivity contribution in [1.82, 2.24) is 0 Å². The molecule has 10 nitrogen and oxygen atoms in total. The highest BCUT2D eigenvalue weighted by Crippen LogP contribution is 2.43. The van der Waals surface area contributed by atoms with E-state index in [-0.39, 0.29) is 32.6 Å². The summed E-state index contributed by atoms with van der Waals surface area (Å²) in [5.41, 5.74) is 5.31. The Kier molecular flexibility index (Phi) is 33.0. The van der Waals surface area contributed by atoms with Gasteiger partial charge in [-0.15, -0.1) is 0 Å². The Hall–Kier alpha value is -2.59. The Morgan fingerprint density at radius 2 is 1.34 bits per heavy atom. The van der Waals surface area contributed by atoms with E-state index in [9.17, 15) is 24.2 Å². The molecular formula is C39H66NO9P. The third-order valence-electron chi connectivity index (χ3n) is 7.18. The van der Waals surface area contributed by atoms with Gasteiger partial charge in [-0.25, -0.2) is 4.57 Å². The molecule has 0 aliphatic heterocycles. The van der Waals surface area contributed by atoms with E-state index in [0.717, 1.165) is 64.2 Å². The summed E-state index contributed by atoms with van der Waals surface area (Å²) < 4.78 is 32.4. The zero-order valence-electron chi connectivity index (χ0n) is 30.7. The first-order chi connectivity index (χ1) is 24.2. The van der Waals surface area contributed by atoms with Gasteiger partial charge in [0.2, 0.25) is 0 Å². The molecule has 4 N–H and O–H groups in total. The van der Waals surface area contributed by atoms with Gasteiger partial charge in [-0.2, -0.15) is 0 Å². The number of hydrogen-bond acceptors (Lipinski definition) is 9. The van der Waals surface area contributed by atoms with Gasteiger partial charge in [-0.05, 0) is 64.2 Å². The van der Waals surface area contributed by atoms with Gasteiger partial charge < -0.3 is 25.2 Å². The van der Waals surface area contributed by atoms with Gasteiger partial charge in [0, 0.05) is 19.4 Å². The Labute approximate surface area is 302 Å². The van der Waals surface area contributed by atoms with Crippen LogP contribution >= 0.6 is 7.82 Å². The SMILES string of the molecule is CC/C=C\C/C=C\C/C=C\C/C=C\C=C\C(O)CCCC(=O)O[C@H](COC(=O)CCCCCCC/C=C\CCCC)COP(=O)(O)OCCN. The Morgan fingerprint density at radius 3 is 2.02 bits per heavy atom. The molecule has 0 aromatic rings. The third kappa shape index (κ3) is 33.9. The van der Waals surface area contributed by atoms with E-state index in [4.69, 9.17) is 24.3 Å². The van der Waals surface area contributed by atoms with Crippen LogP contribution in [-0.2, 0) is 32.7 Å². The van der Waals surface area contributed by atoms with E-state index in [2.05, 4.69) is 62.5 Å². The van der Waals surface area contributed by atoms with Gasteiger partial charge in [-0.3, -0.25) is 18.6 Å². The monoisotopic (exact) mass is 723 g/mol. The molecule has 0 saturated heterocycles. The Bertz CT molecular complexity index is 1070. The molecular weight excluding hydrogens is 657 g/mol. The number of ether oxygens (including phenoxy) is 2. The second-order valence-corrected chi connectivity index (χ2v) is 13.4. The second-order valence-electron chi connectivity index (χ2n) is 11.9. The summed E-state index contributed by atoms with van der Waals surface area (Å²) in [6, 6.07) is 0. The molecule has 286 valence electrons. The summed E-state index contributed by atoms with van der Waals surface area (Å²) >= 11 is 0. The zero-order chi connectivity index (χ0) is 37.0. The number of carbonyl (C=O) groups is 2. The van der Waals surface area contributed by atoms with E-state index >= 15 is 0 Å². The smallest absolute Gasteiger partial charge is 0.462 e. The average molecular weight is 724 g/mol. The molecule has 0 rings (SSSR count). The predicted octanol–water partition coefficient (Wildman–Crippen LogP) is 8.90. The van der Waals surface area contributed by atoms with Crippen molar-refractivity contribution in [3.8, 4) is 0 Å². The van der Waals surface area contributed by atoms with Gasteiger partial charge in [0.15, 0.2) is 6.10 Å². The van der Waals surface area contributed by atoms with Crippen LogP contribution in [0.15, 0.2) is 72.9 Å². The van der Waals surface area contributed by atoms with Crippen LogP contribution in [0.1, 0.15) is 123 Å². The number of aliphatic hydroxyl groups excluding tert-OH is 1. The van der Waals surface area contributed by atoms with Crippen LogP contribution in [0, 0.1) is 0 Å². The van der Waals surface area contributed by atoms with Crippen molar-refractivity contribution >= 4 is 19.8 Å². The van der Waals surface area contributed by atoms with E-state index < -0.39 is 38.6 Å². The van der Waals surface area contributed by atoms with Gasteiger partial charge in [0.1, 0.15) is 6.61 Å². The average Bonchev–Trinajstić information content (AvgIpc) is 3.09. The lowest BCUT2D eigenvalue weighted by atomic mass is 10.1. The van der Waals surface area contributed by atoms with Crippen LogP contribution < -0.4 is 5.73 Å². The molecule has 0 spiro atoms. The molecule has 0 fully saturated rings. The minimum Gasteiger partial charge on any atom is -0.462 e. The van der Waals surface area contributed by atoms with Gasteiger partial charge >= 0.3 is 19.8 Å². The second kappa shape index (κ2) is 34.8. The number of unbranched alkanes of at least 4 members (excludes halogenated alkanes) is 7. The number of phosphoric ester groups is 1. The van der Waals surface area contributed by atoms with Crippen molar-refractivity contribution < 1.29 is 42.7 Å². The first kappa shape index (κ1) is 47.4. The summed E-state index contributed by atoms with van der Waals surface area (Å²) in [6.45, 7) is 3.29. The molecule has 0 aliphatic carbocycles. The van der Waals surface area contributed by atoms with Gasteiger partial charge in [-0.1, -0.05) is 119 Å². The lowest BCUT2D eigenvalue weighted by Crippen LogP contribution is -2.29. The maximum absolute atomic E-state index is 12.5. The topological polar surface area (TPSA) is 155 Å². The summed E-state index contributed by atoms with van der Waals surface area (Å²) in [5, 5.41) is 10.2. The summed E-state index contributed by atoms with van der Waals surface area (Å²) in [6.07, 6.45) is 36.9. The summed E-state index contributed by atoms with van der Waals surface area (Å²) in [5.74, 6) is -1.06. The largest absolute Gasteiger partial charge is 0.472 e. The normalized spacial score (nSPS) is 14.9. The molecule has 0 aromatic carbocycles. The van der Waals surface area contributed by atoms with E-state index in [1.165, 1.54) is 12.8 Å². The maximum Gasteiger partial charge on any atom is 0.472 e. The van der Waals surface area contributed by atoms with Crippen molar-refractivity contribution in [1.29, 1.82) is 0 Å². The fourth-order valence-corrected chi connectivity index (χ4v) is 5.17. The number of hydrogen-bond donors (Lipinski definition) is 3. The molecule has 0 aromatic heterocycles. The third-order valence-corrected chi connectivity index (χ3v) is 8.16. The highest BCUT2D eigenvalue weighted by atomic mass is 31.2. The number of allylic oxidation sites excluding steroid dienone is 11. The number of aliphatic hydroxyl groups is 1. The maximum atomic E-state index is 12.5. The quantitative estimate of drug-likeness (QED) is 0.0197. The van der Waals surface area contributed by atoms with Gasteiger partial charge in [0.05, 0.1) is 19.3 Å². The van der Waals surface area contributed by atoms with E-state index in [0.29, 0.717) is 19.3 Å². The van der Waals surface area contributed by atoms with E-state index in [1.54, 1.807) is 12.2 Å². The summed E-state index contributed by atoms with van der Waals surface area (Å²) in [4.78, 5) is 34.7. The highest BCUT2D eigenvalue weighted by Gasteiger charge is 2.26. The molecule has 2 unspecified atom stereocenters. The molecule has 0 aliphatic rings. The Morgan fingerprint density at radius 1 is 0.720 bits per heavy atom. The number of carbonyl (C=O) groups excluding carboxylic acids is 2. The molecule has 0 amide bonds. The first-order valence-electron chi connectivity index (χ1n) is 18.5. The molecule has 0 bridgehead atoms. The van der Waals surface area contributed by atoms with Crippen LogP contribution in [0.5, 0.6) is 0 Å². The number of nitrogens with two attached hydrogens (primary N) is 1. The van der Waals surface area contributed by atoms with Crippen molar-refractivity contribution in [2.24, 2.45) is 5.73 Å². The summed E-state index contributed by atoms with van der Waals surface area (Å²) in [7, 11) is -4.43. The van der Waals surface area contributed by atoms with Gasteiger partial charge in [0.25, 0.3) is 0 Å². The van der Waals surface area contributed by atoms with Crippen LogP contribution in [0.25, 0.3) is 0 Å². The highest BCUT2D eigenvalue weighted by molar-refractivity contribution is 7.47. The standard InChI is InChI=1S/C39H66NO9P/c1-3-5-7-9-11-13-15-16-18-19-21-23-25-28-36(41)29-27-31-39(43)49-37(35-48-50(44,45)47-33-32-40)34-46-38(42)30-26-24-22-20-17-14-12-10-8-6-4-2/h5,7,10-13,16,18,21,23,25,28,36-37,41H,3-4,6,8-9,14-15,17,19-20,22,24,26-27,29-35,40H2,1-2H3,(H,44,45)/b7-5-,12-10-,13-11-,18-16-,23-21-,28-25+/t36?,37-/m1/s1. The van der Waals surface area contributed by atoms with Crippen LogP contribution in [0.3, 0.4) is 0 Å². The first-order valence-corrected chi connectivity index (χ1v) is 20.0. The molecule has 11 heteroatoms. The minimum absolute atomic E-state index is 0.00565. The fraction of sp³-hybridized carbons (Fsp3) is 0.641. The van der Waals surface area contributed by atoms with Crippen LogP contribution in [0.2, 0.25) is 0 Å². The Balaban J connectivity index is 4.50. The van der Waals surface area contributed by atoms with Crippen LogP contribution in [0.4, 0.5) is 0 Å². The predicted molar refractivity (Wildman–Crippen MR) is 202 cm³/mol. The lowest BCUT2D eigenvalue weighted by molar-refractivity contribution is -0.161. The number of rotatable bonds is 33. The number of esters is 2. The van der Waals surface area contributed by atoms with Crippen molar-refractivity contribution in [2.45, 2.75) is 135 Å².